The summed E-state index contributed by atoms with van der Waals surface area (Å²) in [5.41, 5.74) is 0.117. The zero-order chi connectivity index (χ0) is 13.9. The van der Waals surface area contributed by atoms with Gasteiger partial charge >= 0.3 is 6.18 Å². The van der Waals surface area contributed by atoms with Crippen LogP contribution in [-0.2, 0) is 0 Å². The summed E-state index contributed by atoms with van der Waals surface area (Å²) in [5, 5.41) is 3.45. The molecule has 0 aromatic heterocycles. The minimum Gasteiger partial charge on any atom is -0.316 e. The van der Waals surface area contributed by atoms with Crippen LogP contribution in [0.4, 0.5) is 13.2 Å². The Kier molecular flexibility index (Phi) is 4.80. The fourth-order valence-electron chi connectivity index (χ4n) is 4.16. The highest BCUT2D eigenvalue weighted by Crippen LogP contribution is 2.47. The summed E-state index contributed by atoms with van der Waals surface area (Å²) < 4.78 is 37.0. The van der Waals surface area contributed by atoms with Gasteiger partial charge in [-0.3, -0.25) is 0 Å². The van der Waals surface area contributed by atoms with Crippen molar-refractivity contribution in [3.05, 3.63) is 0 Å². The SMILES string of the molecule is CC1(CCCC(F)(F)F)CCNCC1C1CCCC1. The Hall–Kier alpha value is -0.250. The predicted octanol–water partition coefficient (Wildman–Crippen LogP) is 4.53. The van der Waals surface area contributed by atoms with Gasteiger partial charge < -0.3 is 5.32 Å². The van der Waals surface area contributed by atoms with E-state index in [2.05, 4.69) is 12.2 Å². The van der Waals surface area contributed by atoms with Crippen molar-refractivity contribution in [2.75, 3.05) is 13.1 Å². The quantitative estimate of drug-likeness (QED) is 0.796. The molecule has 0 spiro atoms. The third-order valence-corrected chi connectivity index (χ3v) is 5.31. The summed E-state index contributed by atoms with van der Waals surface area (Å²) >= 11 is 0. The largest absolute Gasteiger partial charge is 0.389 e. The highest BCUT2D eigenvalue weighted by Gasteiger charge is 2.41. The van der Waals surface area contributed by atoms with Gasteiger partial charge in [0, 0.05) is 6.42 Å². The minimum absolute atomic E-state index is 0.117. The lowest BCUT2D eigenvalue weighted by atomic mass is 9.64. The van der Waals surface area contributed by atoms with Crippen LogP contribution in [0.25, 0.3) is 0 Å². The number of alkyl halides is 3. The molecule has 1 aliphatic carbocycles. The van der Waals surface area contributed by atoms with Crippen molar-refractivity contribution in [2.24, 2.45) is 17.3 Å². The Morgan fingerprint density at radius 2 is 1.89 bits per heavy atom. The second kappa shape index (κ2) is 6.02. The molecular weight excluding hydrogens is 251 g/mol. The molecule has 0 aromatic carbocycles. The molecule has 0 amide bonds. The third kappa shape index (κ3) is 4.11. The smallest absolute Gasteiger partial charge is 0.316 e. The maximum Gasteiger partial charge on any atom is 0.389 e. The van der Waals surface area contributed by atoms with Gasteiger partial charge in [-0.2, -0.15) is 13.2 Å². The van der Waals surface area contributed by atoms with Crippen LogP contribution in [0.2, 0.25) is 0 Å². The highest BCUT2D eigenvalue weighted by molar-refractivity contribution is 4.93. The van der Waals surface area contributed by atoms with E-state index in [9.17, 15) is 13.2 Å². The van der Waals surface area contributed by atoms with Crippen LogP contribution in [0.5, 0.6) is 0 Å². The van der Waals surface area contributed by atoms with E-state index in [-0.39, 0.29) is 5.41 Å². The second-order valence-corrected chi connectivity index (χ2v) is 6.73. The van der Waals surface area contributed by atoms with E-state index in [4.69, 9.17) is 0 Å². The summed E-state index contributed by atoms with van der Waals surface area (Å²) in [4.78, 5) is 0. The first kappa shape index (κ1) is 15.1. The standard InChI is InChI=1S/C15H26F3N/c1-14(7-4-8-15(16,17)18)9-10-19-11-13(14)12-5-2-3-6-12/h12-13,19H,2-11H2,1H3. The van der Waals surface area contributed by atoms with Gasteiger partial charge in [0.05, 0.1) is 0 Å². The van der Waals surface area contributed by atoms with Gasteiger partial charge in [0.1, 0.15) is 0 Å². The van der Waals surface area contributed by atoms with Crippen LogP contribution < -0.4 is 5.32 Å². The van der Waals surface area contributed by atoms with Crippen LogP contribution in [-0.4, -0.2) is 19.3 Å². The topological polar surface area (TPSA) is 12.0 Å². The number of nitrogens with one attached hydrogen (secondary N) is 1. The molecule has 2 aliphatic rings. The molecule has 0 bridgehead atoms. The monoisotopic (exact) mass is 277 g/mol. The van der Waals surface area contributed by atoms with Crippen molar-refractivity contribution < 1.29 is 13.2 Å². The zero-order valence-electron chi connectivity index (χ0n) is 11.9. The molecule has 0 aromatic rings. The molecule has 1 nitrogen and oxygen atoms in total. The van der Waals surface area contributed by atoms with Crippen molar-refractivity contribution in [3.63, 3.8) is 0 Å². The molecule has 4 heteroatoms. The number of hydrogen-bond donors (Lipinski definition) is 1. The van der Waals surface area contributed by atoms with Gasteiger partial charge in [-0.1, -0.05) is 32.6 Å². The van der Waals surface area contributed by atoms with Gasteiger partial charge in [0.25, 0.3) is 0 Å². The van der Waals surface area contributed by atoms with E-state index in [0.29, 0.717) is 12.3 Å². The molecule has 1 saturated heterocycles. The minimum atomic E-state index is -3.99. The van der Waals surface area contributed by atoms with Crippen molar-refractivity contribution in [2.45, 2.75) is 64.5 Å². The molecule has 19 heavy (non-hydrogen) atoms. The summed E-state index contributed by atoms with van der Waals surface area (Å²) in [5.74, 6) is 1.32. The summed E-state index contributed by atoms with van der Waals surface area (Å²) in [7, 11) is 0. The van der Waals surface area contributed by atoms with Crippen LogP contribution >= 0.6 is 0 Å². The van der Waals surface area contributed by atoms with Gasteiger partial charge in [-0.05, 0) is 49.6 Å². The molecular formula is C15H26F3N. The average Bonchev–Trinajstić information content (AvgIpc) is 2.80. The molecule has 1 aliphatic heterocycles. The lowest BCUT2D eigenvalue weighted by Crippen LogP contribution is -2.46. The highest BCUT2D eigenvalue weighted by atomic mass is 19.4. The summed E-state index contributed by atoms with van der Waals surface area (Å²) in [6.45, 7) is 4.20. The molecule has 0 radical (unpaired) electrons. The average molecular weight is 277 g/mol. The molecule has 1 N–H and O–H groups in total. The number of hydrogen-bond acceptors (Lipinski definition) is 1. The maximum absolute atomic E-state index is 12.3. The number of halogens is 3. The summed E-state index contributed by atoms with van der Waals surface area (Å²) in [6, 6.07) is 0. The Balaban J connectivity index is 1.92. The Labute approximate surface area is 114 Å². The normalized spacial score (nSPS) is 33.8. The van der Waals surface area contributed by atoms with E-state index in [0.717, 1.165) is 31.8 Å². The van der Waals surface area contributed by atoms with E-state index >= 15 is 0 Å². The third-order valence-electron chi connectivity index (χ3n) is 5.31. The first-order valence-electron chi connectivity index (χ1n) is 7.68. The number of piperidine rings is 1. The first-order valence-corrected chi connectivity index (χ1v) is 7.68. The molecule has 2 fully saturated rings. The van der Waals surface area contributed by atoms with Crippen molar-refractivity contribution in [3.8, 4) is 0 Å². The van der Waals surface area contributed by atoms with Gasteiger partial charge in [0.15, 0.2) is 0 Å². The maximum atomic E-state index is 12.3. The molecule has 2 atom stereocenters. The van der Waals surface area contributed by atoms with Crippen LogP contribution in [0.3, 0.4) is 0 Å². The lowest BCUT2D eigenvalue weighted by Gasteiger charge is -2.45. The fourth-order valence-corrected chi connectivity index (χ4v) is 4.16. The van der Waals surface area contributed by atoms with E-state index < -0.39 is 12.6 Å². The molecule has 1 heterocycles. The predicted molar refractivity (Wildman–Crippen MR) is 70.9 cm³/mol. The summed E-state index contributed by atoms with van der Waals surface area (Å²) in [6.07, 6.45) is 2.62. The molecule has 2 rings (SSSR count). The Bertz CT molecular complexity index is 284. The molecule has 1 saturated carbocycles. The van der Waals surface area contributed by atoms with E-state index in [1.54, 1.807) is 0 Å². The van der Waals surface area contributed by atoms with Crippen molar-refractivity contribution in [1.82, 2.24) is 5.32 Å². The van der Waals surface area contributed by atoms with Crippen molar-refractivity contribution >= 4 is 0 Å². The molecule has 112 valence electrons. The first-order chi connectivity index (χ1) is 8.91. The van der Waals surface area contributed by atoms with Crippen LogP contribution in [0, 0.1) is 17.3 Å². The Morgan fingerprint density at radius 1 is 1.21 bits per heavy atom. The van der Waals surface area contributed by atoms with Crippen molar-refractivity contribution in [1.29, 1.82) is 0 Å². The number of rotatable bonds is 4. The fraction of sp³-hybridized carbons (Fsp3) is 1.00. The molecule has 2 unspecified atom stereocenters. The van der Waals surface area contributed by atoms with Gasteiger partial charge in [-0.15, -0.1) is 0 Å². The second-order valence-electron chi connectivity index (χ2n) is 6.73. The van der Waals surface area contributed by atoms with Crippen LogP contribution in [0.1, 0.15) is 58.3 Å². The van der Waals surface area contributed by atoms with Gasteiger partial charge in [-0.25, -0.2) is 0 Å². The Morgan fingerprint density at radius 3 is 2.53 bits per heavy atom. The van der Waals surface area contributed by atoms with E-state index in [1.165, 1.54) is 25.7 Å². The zero-order valence-corrected chi connectivity index (χ0v) is 11.9. The van der Waals surface area contributed by atoms with Gasteiger partial charge in [0.2, 0.25) is 0 Å². The lowest BCUT2D eigenvalue weighted by molar-refractivity contribution is -0.137. The van der Waals surface area contributed by atoms with E-state index in [1.807, 2.05) is 0 Å². The van der Waals surface area contributed by atoms with Crippen LogP contribution in [0.15, 0.2) is 0 Å².